The van der Waals surface area contributed by atoms with Crippen molar-refractivity contribution in [1.82, 2.24) is 15.1 Å². The van der Waals surface area contributed by atoms with Crippen LogP contribution in [-0.4, -0.2) is 51.8 Å². The SMILES string of the molecule is CCC1(CC)NC(=O)N(CC(=O)N(C2CC2)C(C)C2CC2)C1=O. The number of carbonyl (C=O) groups excluding carboxylic acids is 3. The number of hydrogen-bond acceptors (Lipinski definition) is 3. The van der Waals surface area contributed by atoms with Crippen LogP contribution in [0.15, 0.2) is 0 Å². The number of nitrogens with zero attached hydrogens (tertiary/aromatic N) is 2. The fraction of sp³-hybridized carbons (Fsp3) is 0.824. The highest BCUT2D eigenvalue weighted by molar-refractivity contribution is 6.09. The summed E-state index contributed by atoms with van der Waals surface area (Å²) < 4.78 is 0. The van der Waals surface area contributed by atoms with Gasteiger partial charge < -0.3 is 10.2 Å². The standard InChI is InChI=1S/C17H27N3O3/c1-4-17(5-2)15(22)19(16(23)18-17)10-14(21)20(13-8-9-13)11(3)12-6-7-12/h11-13H,4-10H2,1-3H3,(H,18,23). The van der Waals surface area contributed by atoms with E-state index in [4.69, 9.17) is 0 Å². The summed E-state index contributed by atoms with van der Waals surface area (Å²) in [5.41, 5.74) is -0.829. The summed E-state index contributed by atoms with van der Waals surface area (Å²) in [5.74, 6) is 0.252. The molecule has 3 rings (SSSR count). The summed E-state index contributed by atoms with van der Waals surface area (Å²) in [5, 5.41) is 2.79. The largest absolute Gasteiger partial charge is 0.335 e. The van der Waals surface area contributed by atoms with Crippen molar-refractivity contribution >= 4 is 17.8 Å². The van der Waals surface area contributed by atoms with E-state index in [-0.39, 0.29) is 24.4 Å². The monoisotopic (exact) mass is 321 g/mol. The Morgan fingerprint density at radius 2 is 1.87 bits per heavy atom. The van der Waals surface area contributed by atoms with Gasteiger partial charge in [0.25, 0.3) is 5.91 Å². The Morgan fingerprint density at radius 3 is 2.30 bits per heavy atom. The van der Waals surface area contributed by atoms with Gasteiger partial charge in [-0.15, -0.1) is 0 Å². The maximum absolute atomic E-state index is 12.8. The molecule has 3 aliphatic rings. The molecule has 1 saturated heterocycles. The molecule has 3 fully saturated rings. The van der Waals surface area contributed by atoms with Crippen molar-refractivity contribution in [3.63, 3.8) is 0 Å². The summed E-state index contributed by atoms with van der Waals surface area (Å²) in [6.07, 6.45) is 5.52. The summed E-state index contributed by atoms with van der Waals surface area (Å²) in [7, 11) is 0. The van der Waals surface area contributed by atoms with E-state index in [9.17, 15) is 14.4 Å². The minimum Gasteiger partial charge on any atom is -0.335 e. The molecule has 0 aromatic carbocycles. The lowest BCUT2D eigenvalue weighted by atomic mass is 9.93. The van der Waals surface area contributed by atoms with Crippen molar-refractivity contribution in [1.29, 1.82) is 0 Å². The van der Waals surface area contributed by atoms with Crippen molar-refractivity contribution < 1.29 is 14.4 Å². The molecule has 2 aliphatic carbocycles. The van der Waals surface area contributed by atoms with Gasteiger partial charge in [0.1, 0.15) is 12.1 Å². The second-order valence-corrected chi connectivity index (χ2v) is 7.22. The molecule has 6 nitrogen and oxygen atoms in total. The third-order valence-electron chi connectivity index (χ3n) is 5.72. The summed E-state index contributed by atoms with van der Waals surface area (Å²) in [6.45, 7) is 5.75. The van der Waals surface area contributed by atoms with Crippen LogP contribution in [0.3, 0.4) is 0 Å². The molecule has 1 atom stereocenters. The normalized spacial score (nSPS) is 24.6. The maximum Gasteiger partial charge on any atom is 0.325 e. The average Bonchev–Trinajstić information content (AvgIpc) is 3.41. The molecule has 0 bridgehead atoms. The molecule has 1 unspecified atom stereocenters. The van der Waals surface area contributed by atoms with Gasteiger partial charge in [0.2, 0.25) is 5.91 Å². The predicted molar refractivity (Wildman–Crippen MR) is 85.6 cm³/mol. The van der Waals surface area contributed by atoms with Crippen LogP contribution in [-0.2, 0) is 9.59 Å². The average molecular weight is 321 g/mol. The Bertz CT molecular complexity index is 521. The molecule has 4 amide bonds. The number of rotatable bonds is 7. The van der Waals surface area contributed by atoms with E-state index in [1.54, 1.807) is 0 Å². The van der Waals surface area contributed by atoms with Crippen molar-refractivity contribution in [3.8, 4) is 0 Å². The van der Waals surface area contributed by atoms with E-state index < -0.39 is 11.6 Å². The number of imide groups is 1. The lowest BCUT2D eigenvalue weighted by molar-refractivity contribution is -0.141. The molecule has 0 aromatic heterocycles. The van der Waals surface area contributed by atoms with Crippen molar-refractivity contribution in [3.05, 3.63) is 0 Å². The number of carbonyl (C=O) groups is 3. The van der Waals surface area contributed by atoms with Gasteiger partial charge in [-0.3, -0.25) is 14.5 Å². The molecule has 128 valence electrons. The quantitative estimate of drug-likeness (QED) is 0.728. The van der Waals surface area contributed by atoms with Crippen LogP contribution < -0.4 is 5.32 Å². The Kier molecular flexibility index (Phi) is 4.10. The topological polar surface area (TPSA) is 69.7 Å². The van der Waals surface area contributed by atoms with Gasteiger partial charge in [0.15, 0.2) is 0 Å². The Hall–Kier alpha value is -1.59. The fourth-order valence-electron chi connectivity index (χ4n) is 3.69. The summed E-state index contributed by atoms with van der Waals surface area (Å²) in [4.78, 5) is 40.7. The summed E-state index contributed by atoms with van der Waals surface area (Å²) in [6, 6.07) is 0.0979. The first-order valence-corrected chi connectivity index (χ1v) is 8.88. The number of urea groups is 1. The zero-order valence-electron chi connectivity index (χ0n) is 14.3. The van der Waals surface area contributed by atoms with Crippen LogP contribution in [0, 0.1) is 5.92 Å². The first-order valence-electron chi connectivity index (χ1n) is 8.88. The maximum atomic E-state index is 12.8. The molecular weight excluding hydrogens is 294 g/mol. The van der Waals surface area contributed by atoms with Crippen LogP contribution in [0.4, 0.5) is 4.79 Å². The number of amides is 4. The van der Waals surface area contributed by atoms with Gasteiger partial charge >= 0.3 is 6.03 Å². The van der Waals surface area contributed by atoms with Crippen LogP contribution in [0.1, 0.15) is 59.3 Å². The van der Waals surface area contributed by atoms with Gasteiger partial charge in [0.05, 0.1) is 0 Å². The first kappa shape index (κ1) is 16.3. The molecule has 0 spiro atoms. The van der Waals surface area contributed by atoms with Crippen LogP contribution in [0.5, 0.6) is 0 Å². The molecule has 1 aliphatic heterocycles. The van der Waals surface area contributed by atoms with Gasteiger partial charge in [-0.05, 0) is 51.4 Å². The minimum atomic E-state index is -0.829. The van der Waals surface area contributed by atoms with Crippen LogP contribution in [0.2, 0.25) is 0 Å². The molecule has 23 heavy (non-hydrogen) atoms. The van der Waals surface area contributed by atoms with E-state index in [1.165, 1.54) is 12.8 Å². The molecular formula is C17H27N3O3. The smallest absolute Gasteiger partial charge is 0.325 e. The molecule has 1 heterocycles. The van der Waals surface area contributed by atoms with E-state index >= 15 is 0 Å². The number of hydrogen-bond donors (Lipinski definition) is 1. The van der Waals surface area contributed by atoms with E-state index in [0.29, 0.717) is 24.8 Å². The van der Waals surface area contributed by atoms with Crippen LogP contribution in [0.25, 0.3) is 0 Å². The summed E-state index contributed by atoms with van der Waals surface area (Å²) >= 11 is 0. The Balaban J connectivity index is 1.71. The zero-order valence-corrected chi connectivity index (χ0v) is 14.3. The van der Waals surface area contributed by atoms with Gasteiger partial charge in [-0.25, -0.2) is 4.79 Å². The molecule has 1 N–H and O–H groups in total. The lowest BCUT2D eigenvalue weighted by Crippen LogP contribution is -2.49. The van der Waals surface area contributed by atoms with E-state index in [1.807, 2.05) is 18.7 Å². The van der Waals surface area contributed by atoms with E-state index in [0.717, 1.165) is 17.7 Å². The molecule has 2 saturated carbocycles. The number of nitrogens with one attached hydrogen (secondary N) is 1. The highest BCUT2D eigenvalue weighted by Crippen LogP contribution is 2.40. The second kappa shape index (κ2) is 5.80. The highest BCUT2D eigenvalue weighted by Gasteiger charge is 2.50. The minimum absolute atomic E-state index is 0.0848. The molecule has 6 heteroatoms. The van der Waals surface area contributed by atoms with Crippen molar-refractivity contribution in [2.75, 3.05) is 6.54 Å². The van der Waals surface area contributed by atoms with Gasteiger partial charge in [0, 0.05) is 12.1 Å². The Labute approximate surface area is 137 Å². The fourth-order valence-corrected chi connectivity index (χ4v) is 3.69. The van der Waals surface area contributed by atoms with E-state index in [2.05, 4.69) is 12.2 Å². The van der Waals surface area contributed by atoms with Gasteiger partial charge in [-0.1, -0.05) is 13.8 Å². The molecule has 0 radical (unpaired) electrons. The third-order valence-corrected chi connectivity index (χ3v) is 5.72. The first-order chi connectivity index (χ1) is 10.9. The molecule has 0 aromatic rings. The predicted octanol–water partition coefficient (Wildman–Crippen LogP) is 1.89. The highest BCUT2D eigenvalue weighted by atomic mass is 16.2. The van der Waals surface area contributed by atoms with Crippen LogP contribution >= 0.6 is 0 Å². The Morgan fingerprint density at radius 1 is 1.26 bits per heavy atom. The second-order valence-electron chi connectivity index (χ2n) is 7.22. The lowest BCUT2D eigenvalue weighted by Gasteiger charge is -2.31. The van der Waals surface area contributed by atoms with Crippen molar-refractivity contribution in [2.45, 2.75) is 76.9 Å². The van der Waals surface area contributed by atoms with Gasteiger partial charge in [-0.2, -0.15) is 0 Å². The third kappa shape index (κ3) is 2.83. The van der Waals surface area contributed by atoms with Crippen molar-refractivity contribution in [2.24, 2.45) is 5.92 Å². The zero-order chi connectivity index (χ0) is 16.8.